The van der Waals surface area contributed by atoms with Crippen LogP contribution < -0.4 is 5.32 Å². The summed E-state index contributed by atoms with van der Waals surface area (Å²) < 4.78 is 15.6. The first-order valence-corrected chi connectivity index (χ1v) is 9.77. The van der Waals surface area contributed by atoms with Crippen LogP contribution in [0.5, 0.6) is 0 Å². The van der Waals surface area contributed by atoms with Gasteiger partial charge in [-0.3, -0.25) is 9.59 Å². The average molecular weight is 433 g/mol. The number of ether oxygens (including phenoxy) is 3. The SMILES string of the molecule is CC(C)OC(=O)[C@H](CCC(=O)C=[N+]=[N-])NC(=O)O[C@@H](OC(=O)C(C)C)c1ccccc1. The maximum atomic E-state index is 12.5. The molecular formula is C21H27N3O7. The molecule has 0 bridgehead atoms. The molecule has 0 heterocycles. The normalized spacial score (nSPS) is 12.3. The number of nitrogens with zero attached hydrogens (tertiary/aromatic N) is 2. The second-order valence-corrected chi connectivity index (χ2v) is 7.17. The first-order chi connectivity index (χ1) is 14.6. The van der Waals surface area contributed by atoms with Crippen molar-refractivity contribution in [2.75, 3.05) is 0 Å². The number of amides is 1. The van der Waals surface area contributed by atoms with Crippen molar-refractivity contribution in [1.29, 1.82) is 0 Å². The third-order valence-corrected chi connectivity index (χ3v) is 3.79. The first kappa shape index (κ1) is 25.5. The van der Waals surface area contributed by atoms with Crippen molar-refractivity contribution in [2.45, 2.75) is 59.0 Å². The van der Waals surface area contributed by atoms with Gasteiger partial charge in [0.05, 0.1) is 12.0 Å². The second kappa shape index (κ2) is 12.9. The fourth-order valence-electron chi connectivity index (χ4n) is 2.26. The third-order valence-electron chi connectivity index (χ3n) is 3.79. The zero-order valence-electron chi connectivity index (χ0n) is 17.9. The van der Waals surface area contributed by atoms with Gasteiger partial charge in [-0.05, 0) is 20.3 Å². The summed E-state index contributed by atoms with van der Waals surface area (Å²) in [5.74, 6) is -2.35. The lowest BCUT2D eigenvalue weighted by Crippen LogP contribution is -2.43. The van der Waals surface area contributed by atoms with Gasteiger partial charge < -0.3 is 25.1 Å². The average Bonchev–Trinajstić information content (AvgIpc) is 2.70. The van der Waals surface area contributed by atoms with E-state index in [0.29, 0.717) is 11.8 Å². The van der Waals surface area contributed by atoms with Crippen molar-refractivity contribution >= 4 is 30.0 Å². The van der Waals surface area contributed by atoms with Crippen LogP contribution in [0.4, 0.5) is 4.79 Å². The van der Waals surface area contributed by atoms with E-state index < -0.39 is 48.2 Å². The number of Topliss-reactive ketones (excluding diaryl/α,β-unsaturated/α-hetero) is 1. The maximum Gasteiger partial charge on any atom is 0.411 e. The van der Waals surface area contributed by atoms with Gasteiger partial charge in [-0.2, -0.15) is 4.79 Å². The molecule has 0 aliphatic heterocycles. The summed E-state index contributed by atoms with van der Waals surface area (Å²) in [6.07, 6.45) is -2.44. The molecule has 1 rings (SSSR count). The van der Waals surface area contributed by atoms with Crippen LogP contribution in [-0.4, -0.2) is 47.0 Å². The summed E-state index contributed by atoms with van der Waals surface area (Å²) in [5.41, 5.74) is 8.84. The Hall–Kier alpha value is -3.52. The van der Waals surface area contributed by atoms with Crippen LogP contribution in [0.3, 0.4) is 0 Å². The monoisotopic (exact) mass is 433 g/mol. The van der Waals surface area contributed by atoms with Gasteiger partial charge >= 0.3 is 24.2 Å². The van der Waals surface area contributed by atoms with Crippen molar-refractivity contribution in [1.82, 2.24) is 5.32 Å². The van der Waals surface area contributed by atoms with E-state index in [4.69, 9.17) is 19.7 Å². The van der Waals surface area contributed by atoms with E-state index in [1.165, 1.54) is 0 Å². The largest absolute Gasteiger partial charge is 0.461 e. The smallest absolute Gasteiger partial charge is 0.411 e. The van der Waals surface area contributed by atoms with E-state index >= 15 is 0 Å². The lowest BCUT2D eigenvalue weighted by Gasteiger charge is -2.22. The molecule has 0 unspecified atom stereocenters. The minimum absolute atomic E-state index is 0.118. The van der Waals surface area contributed by atoms with Crippen LogP contribution in [0, 0.1) is 5.92 Å². The second-order valence-electron chi connectivity index (χ2n) is 7.17. The van der Waals surface area contributed by atoms with E-state index in [2.05, 4.69) is 10.1 Å². The Labute approximate surface area is 180 Å². The highest BCUT2D eigenvalue weighted by molar-refractivity contribution is 6.25. The molecule has 0 saturated carbocycles. The number of rotatable bonds is 11. The lowest BCUT2D eigenvalue weighted by atomic mass is 10.1. The van der Waals surface area contributed by atoms with Gasteiger partial charge in [0.25, 0.3) is 6.29 Å². The highest BCUT2D eigenvalue weighted by Gasteiger charge is 2.28. The minimum atomic E-state index is -1.33. The van der Waals surface area contributed by atoms with E-state index in [-0.39, 0.29) is 12.8 Å². The number of carbonyl (C=O) groups is 4. The Morgan fingerprint density at radius 1 is 1.00 bits per heavy atom. The number of carbonyl (C=O) groups excluding carboxylic acids is 4. The lowest BCUT2D eigenvalue weighted by molar-refractivity contribution is -0.173. The third kappa shape index (κ3) is 9.68. The predicted octanol–water partition coefficient (Wildman–Crippen LogP) is 2.58. The van der Waals surface area contributed by atoms with Gasteiger partial charge in [-0.15, -0.1) is 0 Å². The molecular weight excluding hydrogens is 406 g/mol. The van der Waals surface area contributed by atoms with Gasteiger partial charge in [-0.1, -0.05) is 44.2 Å². The van der Waals surface area contributed by atoms with Gasteiger partial charge in [0.2, 0.25) is 5.78 Å². The number of ketones is 1. The number of nitrogens with one attached hydrogen (secondary N) is 1. The summed E-state index contributed by atoms with van der Waals surface area (Å²) in [6.45, 7) is 6.53. The molecule has 0 saturated heterocycles. The van der Waals surface area contributed by atoms with Crippen LogP contribution in [0.15, 0.2) is 30.3 Å². The van der Waals surface area contributed by atoms with Gasteiger partial charge in [0, 0.05) is 12.0 Å². The number of esters is 2. The maximum absolute atomic E-state index is 12.5. The fourth-order valence-corrected chi connectivity index (χ4v) is 2.26. The molecule has 168 valence electrons. The van der Waals surface area contributed by atoms with Crippen molar-refractivity contribution in [3.63, 3.8) is 0 Å². The van der Waals surface area contributed by atoms with Gasteiger partial charge in [0.15, 0.2) is 0 Å². The molecule has 1 N–H and O–H groups in total. The molecule has 31 heavy (non-hydrogen) atoms. The highest BCUT2D eigenvalue weighted by Crippen LogP contribution is 2.21. The van der Waals surface area contributed by atoms with Crippen LogP contribution in [0.2, 0.25) is 0 Å². The van der Waals surface area contributed by atoms with Crippen LogP contribution in [-0.2, 0) is 28.6 Å². The summed E-state index contributed by atoms with van der Waals surface area (Å²) in [7, 11) is 0. The molecule has 0 spiro atoms. The molecule has 0 aliphatic carbocycles. The standard InChI is InChI=1S/C21H27N3O7/c1-13(2)18(26)30-20(15-8-6-5-7-9-15)31-21(28)24-17(19(27)29-14(3)4)11-10-16(25)12-23-22/h5-9,12-14,17,20H,10-11H2,1-4H3,(H,24,28)/t17-,20+/m0/s1. The Morgan fingerprint density at radius 2 is 1.65 bits per heavy atom. The fraction of sp³-hybridized carbons (Fsp3) is 0.476. The van der Waals surface area contributed by atoms with E-state index in [1.807, 2.05) is 0 Å². The van der Waals surface area contributed by atoms with Crippen molar-refractivity contribution in [3.05, 3.63) is 41.4 Å². The van der Waals surface area contributed by atoms with Crippen molar-refractivity contribution < 1.29 is 38.2 Å². The molecule has 1 amide bonds. The Balaban J connectivity index is 2.93. The molecule has 0 aliphatic rings. The topological polar surface area (TPSA) is 144 Å². The predicted molar refractivity (Wildman–Crippen MR) is 109 cm³/mol. The first-order valence-electron chi connectivity index (χ1n) is 9.77. The Bertz CT molecular complexity index is 818. The van der Waals surface area contributed by atoms with E-state index in [0.717, 1.165) is 0 Å². The van der Waals surface area contributed by atoms with Crippen LogP contribution in [0.1, 0.15) is 52.4 Å². The van der Waals surface area contributed by atoms with Crippen LogP contribution >= 0.6 is 0 Å². The van der Waals surface area contributed by atoms with Gasteiger partial charge in [-0.25, -0.2) is 9.59 Å². The number of hydrogen-bond donors (Lipinski definition) is 1. The number of alkyl carbamates (subject to hydrolysis) is 1. The molecule has 2 atom stereocenters. The summed E-state index contributed by atoms with van der Waals surface area (Å²) >= 11 is 0. The van der Waals surface area contributed by atoms with Crippen LogP contribution in [0.25, 0.3) is 5.53 Å². The Morgan fingerprint density at radius 3 is 2.19 bits per heavy atom. The van der Waals surface area contributed by atoms with Crippen molar-refractivity contribution in [2.24, 2.45) is 5.92 Å². The van der Waals surface area contributed by atoms with Crippen molar-refractivity contribution in [3.8, 4) is 0 Å². The highest BCUT2D eigenvalue weighted by atomic mass is 16.7. The minimum Gasteiger partial charge on any atom is -0.461 e. The zero-order valence-corrected chi connectivity index (χ0v) is 17.9. The van der Waals surface area contributed by atoms with E-state index in [9.17, 15) is 19.2 Å². The quantitative estimate of drug-likeness (QED) is 0.186. The molecule has 10 heteroatoms. The molecule has 1 aromatic rings. The molecule has 0 aromatic heterocycles. The summed E-state index contributed by atoms with van der Waals surface area (Å²) in [4.78, 5) is 51.0. The summed E-state index contributed by atoms with van der Waals surface area (Å²) in [5, 5.41) is 2.34. The molecule has 0 fully saturated rings. The number of benzene rings is 1. The zero-order chi connectivity index (χ0) is 23.4. The summed E-state index contributed by atoms with van der Waals surface area (Å²) in [6, 6.07) is 7.14. The molecule has 10 nitrogen and oxygen atoms in total. The molecule has 1 aromatic carbocycles. The number of hydrogen-bond acceptors (Lipinski definition) is 7. The van der Waals surface area contributed by atoms with E-state index in [1.54, 1.807) is 58.0 Å². The Kier molecular flexibility index (Phi) is 10.6. The van der Waals surface area contributed by atoms with Gasteiger partial charge in [0.1, 0.15) is 6.04 Å². The molecule has 0 radical (unpaired) electrons.